The molecule has 2 aromatic heterocycles. The lowest BCUT2D eigenvalue weighted by Gasteiger charge is -2.06. The van der Waals surface area contributed by atoms with Crippen molar-refractivity contribution in [3.8, 4) is 22.3 Å². The number of benzene rings is 4. The number of nitrogens with one attached hydrogen (secondary N) is 2. The molecule has 6 rings (SSSR count). The zero-order valence-corrected chi connectivity index (χ0v) is 19.9. The second kappa shape index (κ2) is 9.80. The molecule has 6 heteroatoms. The molecule has 176 valence electrons. The molecule has 0 bridgehead atoms. The van der Waals surface area contributed by atoms with Crippen molar-refractivity contribution in [2.45, 2.75) is 13.8 Å². The quantitative estimate of drug-likeness (QED) is 0.333. The van der Waals surface area contributed by atoms with Gasteiger partial charge in [-0.1, -0.05) is 84.9 Å². The lowest BCUT2D eigenvalue weighted by Crippen LogP contribution is -2.10. The Hall–Kier alpha value is -4.84. The van der Waals surface area contributed by atoms with Gasteiger partial charge in [-0.05, 0) is 48.2 Å². The molecule has 0 aliphatic heterocycles. The summed E-state index contributed by atoms with van der Waals surface area (Å²) in [6.07, 6.45) is 0. The minimum atomic E-state index is -0.0862. The van der Waals surface area contributed by atoms with Gasteiger partial charge in [-0.2, -0.15) is 0 Å². The number of rotatable bonds is 2. The lowest BCUT2D eigenvalue weighted by atomic mass is 10.0. The zero-order chi connectivity index (χ0) is 25.1. The Morgan fingerprint density at radius 3 is 1.28 bits per heavy atom. The standard InChI is InChI=1S/2C15H12N2O/c2*1-10-16-13-9-5-8-12(14(13)15(18)17-10)11-6-3-2-4-7-11/h2*2-9H,1H3,(H,16,17,18). The smallest absolute Gasteiger partial charge is 0.259 e. The summed E-state index contributed by atoms with van der Waals surface area (Å²) >= 11 is 0. The van der Waals surface area contributed by atoms with Crippen LogP contribution in [-0.4, -0.2) is 19.9 Å². The highest BCUT2D eigenvalue weighted by Crippen LogP contribution is 2.26. The highest BCUT2D eigenvalue weighted by molar-refractivity contribution is 5.94. The highest BCUT2D eigenvalue weighted by atomic mass is 16.1. The SMILES string of the molecule is Cc1nc2cccc(-c3ccccc3)c2c(=O)[nH]1.Cc1nc2cccc(-c3ccccc3)c2c(=O)[nH]1. The number of H-pyrrole nitrogens is 2. The van der Waals surface area contributed by atoms with Crippen molar-refractivity contribution in [2.24, 2.45) is 0 Å². The second-order valence-electron chi connectivity index (χ2n) is 8.43. The molecule has 4 aromatic carbocycles. The molecule has 0 fully saturated rings. The Kier molecular flexibility index (Phi) is 6.24. The van der Waals surface area contributed by atoms with Crippen LogP contribution in [0.15, 0.2) is 107 Å². The summed E-state index contributed by atoms with van der Waals surface area (Å²) in [5.74, 6) is 1.27. The maximum Gasteiger partial charge on any atom is 0.259 e. The molecule has 0 spiro atoms. The van der Waals surface area contributed by atoms with Crippen LogP contribution in [0.1, 0.15) is 11.6 Å². The van der Waals surface area contributed by atoms with E-state index in [1.54, 1.807) is 13.8 Å². The van der Waals surface area contributed by atoms with Gasteiger partial charge in [-0.25, -0.2) is 9.97 Å². The molecular weight excluding hydrogens is 448 g/mol. The van der Waals surface area contributed by atoms with Crippen LogP contribution in [0.3, 0.4) is 0 Å². The Labute approximate surface area is 207 Å². The Morgan fingerprint density at radius 1 is 0.500 bits per heavy atom. The van der Waals surface area contributed by atoms with Crippen molar-refractivity contribution in [2.75, 3.05) is 0 Å². The number of nitrogens with zero attached hydrogens (tertiary/aromatic N) is 2. The van der Waals surface area contributed by atoms with E-state index in [0.717, 1.165) is 33.3 Å². The molecule has 0 saturated carbocycles. The topological polar surface area (TPSA) is 91.5 Å². The Bertz CT molecular complexity index is 1660. The molecule has 36 heavy (non-hydrogen) atoms. The van der Waals surface area contributed by atoms with E-state index in [1.165, 1.54) is 0 Å². The number of hydrogen-bond donors (Lipinski definition) is 2. The first-order valence-electron chi connectivity index (χ1n) is 11.6. The van der Waals surface area contributed by atoms with Gasteiger partial charge in [-0.15, -0.1) is 0 Å². The summed E-state index contributed by atoms with van der Waals surface area (Å²) in [6, 6.07) is 31.2. The maximum atomic E-state index is 12.1. The second-order valence-corrected chi connectivity index (χ2v) is 8.43. The first-order valence-corrected chi connectivity index (χ1v) is 11.6. The first-order chi connectivity index (χ1) is 17.5. The molecular formula is C30H24N4O2. The molecule has 2 N–H and O–H groups in total. The van der Waals surface area contributed by atoms with Crippen LogP contribution >= 0.6 is 0 Å². The van der Waals surface area contributed by atoms with Crippen molar-refractivity contribution >= 4 is 21.8 Å². The average Bonchev–Trinajstić information content (AvgIpc) is 2.89. The van der Waals surface area contributed by atoms with Crippen molar-refractivity contribution in [3.63, 3.8) is 0 Å². The molecule has 0 amide bonds. The van der Waals surface area contributed by atoms with Crippen LogP contribution in [0, 0.1) is 13.8 Å². The van der Waals surface area contributed by atoms with Gasteiger partial charge in [0.1, 0.15) is 11.6 Å². The summed E-state index contributed by atoms with van der Waals surface area (Å²) < 4.78 is 0. The summed E-state index contributed by atoms with van der Waals surface area (Å²) in [6.45, 7) is 3.58. The van der Waals surface area contributed by atoms with E-state index in [2.05, 4.69) is 19.9 Å². The van der Waals surface area contributed by atoms with Crippen molar-refractivity contribution in [1.29, 1.82) is 0 Å². The fourth-order valence-corrected chi connectivity index (χ4v) is 4.33. The van der Waals surface area contributed by atoms with Crippen molar-refractivity contribution in [3.05, 3.63) is 129 Å². The molecule has 0 saturated heterocycles. The monoisotopic (exact) mass is 472 g/mol. The van der Waals surface area contributed by atoms with Gasteiger partial charge in [0.05, 0.1) is 21.8 Å². The predicted octanol–water partition coefficient (Wildman–Crippen LogP) is 5.80. The fraction of sp³-hybridized carbons (Fsp3) is 0.0667. The predicted molar refractivity (Wildman–Crippen MR) is 145 cm³/mol. The van der Waals surface area contributed by atoms with E-state index >= 15 is 0 Å². The van der Waals surface area contributed by atoms with Crippen LogP contribution in [0.2, 0.25) is 0 Å². The van der Waals surface area contributed by atoms with Crippen molar-refractivity contribution in [1.82, 2.24) is 19.9 Å². The van der Waals surface area contributed by atoms with Gasteiger partial charge in [0.25, 0.3) is 11.1 Å². The van der Waals surface area contributed by atoms with Crippen LogP contribution in [-0.2, 0) is 0 Å². The van der Waals surface area contributed by atoms with Crippen LogP contribution < -0.4 is 11.1 Å². The minimum absolute atomic E-state index is 0.0862. The summed E-state index contributed by atoms with van der Waals surface area (Å²) in [5.41, 5.74) is 5.19. The molecule has 0 atom stereocenters. The third-order valence-corrected chi connectivity index (χ3v) is 5.87. The molecule has 0 unspecified atom stereocenters. The molecule has 2 heterocycles. The van der Waals surface area contributed by atoms with Gasteiger partial charge >= 0.3 is 0 Å². The molecule has 0 aliphatic carbocycles. The zero-order valence-electron chi connectivity index (χ0n) is 19.9. The van der Waals surface area contributed by atoms with Crippen molar-refractivity contribution < 1.29 is 0 Å². The van der Waals surface area contributed by atoms with E-state index in [9.17, 15) is 9.59 Å². The lowest BCUT2D eigenvalue weighted by molar-refractivity contribution is 1.06. The van der Waals surface area contributed by atoms with Crippen LogP contribution in [0.25, 0.3) is 44.1 Å². The van der Waals surface area contributed by atoms with Crippen LogP contribution in [0.4, 0.5) is 0 Å². The summed E-state index contributed by atoms with van der Waals surface area (Å²) in [5, 5.41) is 1.30. The third-order valence-electron chi connectivity index (χ3n) is 5.87. The van der Waals surface area contributed by atoms with Crippen LogP contribution in [0.5, 0.6) is 0 Å². The minimum Gasteiger partial charge on any atom is -0.310 e. The number of fused-ring (bicyclic) bond motifs is 2. The first kappa shape index (κ1) is 22.9. The maximum absolute atomic E-state index is 12.1. The van der Waals surface area contributed by atoms with E-state index in [-0.39, 0.29) is 11.1 Å². The molecule has 6 nitrogen and oxygen atoms in total. The van der Waals surface area contributed by atoms with Gasteiger partial charge in [0, 0.05) is 0 Å². The Balaban J connectivity index is 0.000000148. The van der Waals surface area contributed by atoms with E-state index in [0.29, 0.717) is 22.4 Å². The normalized spacial score (nSPS) is 10.7. The fourth-order valence-electron chi connectivity index (χ4n) is 4.33. The number of hydrogen-bond acceptors (Lipinski definition) is 4. The van der Waals surface area contributed by atoms with E-state index in [1.807, 2.05) is 97.1 Å². The average molecular weight is 473 g/mol. The Morgan fingerprint density at radius 2 is 0.889 bits per heavy atom. The van der Waals surface area contributed by atoms with Gasteiger partial charge < -0.3 is 9.97 Å². The number of aryl methyl sites for hydroxylation is 2. The summed E-state index contributed by atoms with van der Waals surface area (Å²) in [4.78, 5) is 38.4. The van der Waals surface area contributed by atoms with Gasteiger partial charge in [-0.3, -0.25) is 9.59 Å². The molecule has 0 aliphatic rings. The molecule has 0 radical (unpaired) electrons. The van der Waals surface area contributed by atoms with Gasteiger partial charge in [0.2, 0.25) is 0 Å². The highest BCUT2D eigenvalue weighted by Gasteiger charge is 2.09. The van der Waals surface area contributed by atoms with Gasteiger partial charge in [0.15, 0.2) is 0 Å². The number of aromatic amines is 2. The molecule has 6 aromatic rings. The summed E-state index contributed by atoms with van der Waals surface area (Å²) in [7, 11) is 0. The third kappa shape index (κ3) is 4.57. The largest absolute Gasteiger partial charge is 0.310 e. The van der Waals surface area contributed by atoms with E-state index in [4.69, 9.17) is 0 Å². The number of aromatic nitrogens is 4. The van der Waals surface area contributed by atoms with E-state index < -0.39 is 0 Å².